The molecule has 0 bridgehead atoms. The number of ether oxygens (including phenoxy) is 3. The first-order valence-electron chi connectivity index (χ1n) is 7.17. The van der Waals surface area contributed by atoms with Gasteiger partial charge in [0.15, 0.2) is 0 Å². The number of methoxy groups -OCH3 is 3. The van der Waals surface area contributed by atoms with Crippen LogP contribution < -0.4 is 4.74 Å². The Hall–Kier alpha value is -0.775. The summed E-state index contributed by atoms with van der Waals surface area (Å²) in [5, 5.41) is 0. The molecule has 5 heteroatoms. The van der Waals surface area contributed by atoms with E-state index in [0.29, 0.717) is 0 Å². The molecule has 1 rings (SSSR count). The van der Waals surface area contributed by atoms with Crippen LogP contribution in [0.5, 0.6) is 5.75 Å². The molecule has 124 valence electrons. The predicted molar refractivity (Wildman–Crippen MR) is 87.5 cm³/mol. The van der Waals surface area contributed by atoms with Crippen LogP contribution in [-0.4, -0.2) is 30.5 Å². The second kappa shape index (κ2) is 10.9. The van der Waals surface area contributed by atoms with Crippen molar-refractivity contribution in [3.8, 4) is 5.75 Å². The van der Waals surface area contributed by atoms with Gasteiger partial charge in [0.1, 0.15) is 0 Å². The van der Waals surface area contributed by atoms with Crippen LogP contribution in [0.3, 0.4) is 0 Å². The number of hydrogen-bond acceptors (Lipinski definition) is 3. The molecule has 0 spiro atoms. The Bertz CT molecular complexity index is 570. The van der Waals surface area contributed by atoms with E-state index in [9.17, 15) is 0 Å². The fourth-order valence-corrected chi connectivity index (χ4v) is 2.49. The van der Waals surface area contributed by atoms with E-state index in [1.807, 2.05) is 12.2 Å². The number of benzene rings is 1. The maximum absolute atomic E-state index is 5.64. The summed E-state index contributed by atoms with van der Waals surface area (Å²) >= 11 is 5.72. The summed E-state index contributed by atoms with van der Waals surface area (Å²) in [5.74, 6) is 0.933. The van der Waals surface area contributed by atoms with Gasteiger partial charge in [-0.1, -0.05) is 0 Å². The van der Waals surface area contributed by atoms with Gasteiger partial charge in [-0.15, -0.1) is 0 Å². The van der Waals surface area contributed by atoms with Crippen molar-refractivity contribution in [1.29, 1.82) is 0 Å². The summed E-state index contributed by atoms with van der Waals surface area (Å²) in [6.07, 6.45) is 9.54. The van der Waals surface area contributed by atoms with Gasteiger partial charge in [0, 0.05) is 0 Å². The summed E-state index contributed by atoms with van der Waals surface area (Å²) in [6, 6.07) is 4.31. The zero-order valence-electron chi connectivity index (χ0n) is 13.9. The van der Waals surface area contributed by atoms with Gasteiger partial charge in [0.05, 0.1) is 0 Å². The number of rotatable bonds is 9. The summed E-state index contributed by atoms with van der Waals surface area (Å²) in [6.45, 7) is 2.10. The topological polar surface area (TPSA) is 27.7 Å². The van der Waals surface area contributed by atoms with E-state index >= 15 is 0 Å². The third kappa shape index (κ3) is 7.11. The SMILES string of the molecule is CO[C](=[Cr])/C=C/Cc1cc(C)cc(C/C=C/[C](=[Cr])OC)c1OC. The number of aryl methyl sites for hydroxylation is 1. The molecule has 0 saturated carbocycles. The fraction of sp³-hybridized carbons (Fsp3) is 0.333. The fourth-order valence-electron chi connectivity index (χ4n) is 2.19. The zero-order valence-corrected chi connectivity index (χ0v) is 16.5. The van der Waals surface area contributed by atoms with Crippen molar-refractivity contribution in [2.75, 3.05) is 21.3 Å². The van der Waals surface area contributed by atoms with Gasteiger partial charge >= 0.3 is 155 Å². The molecule has 0 aromatic heterocycles. The van der Waals surface area contributed by atoms with E-state index in [2.05, 4.69) is 62.9 Å². The van der Waals surface area contributed by atoms with E-state index in [-0.39, 0.29) is 0 Å². The van der Waals surface area contributed by atoms with Crippen LogP contribution in [0.15, 0.2) is 36.4 Å². The standard InChI is InChI=1S/C18H22O3.2Cr/c1-15-13-16(9-5-7-11-19-2)18(21-4)17(14-15)10-6-8-12-20-3;;/h5-8,13-14H,9-10H2,1-4H3;;/b7-5+,8-6+;;. The van der Waals surface area contributed by atoms with E-state index in [1.165, 1.54) is 5.56 Å². The Morgan fingerprint density at radius 3 is 1.70 bits per heavy atom. The third-order valence-corrected chi connectivity index (χ3v) is 4.12. The molecule has 0 amide bonds. The molecule has 1 aromatic rings. The van der Waals surface area contributed by atoms with Crippen molar-refractivity contribution in [2.45, 2.75) is 19.8 Å². The van der Waals surface area contributed by atoms with E-state index in [4.69, 9.17) is 14.2 Å². The normalized spacial score (nSPS) is 11.3. The molecule has 0 aliphatic heterocycles. The second-order valence-corrected chi connectivity index (χ2v) is 6.13. The first-order chi connectivity index (χ1) is 11.0. The van der Waals surface area contributed by atoms with Gasteiger partial charge in [-0.2, -0.15) is 0 Å². The average Bonchev–Trinajstić information content (AvgIpc) is 2.54. The second-order valence-electron chi connectivity index (χ2n) is 4.88. The number of allylic oxidation sites excluding steroid dienone is 2. The minimum absolute atomic E-state index is 0.765. The molecular weight excluding hydrogens is 368 g/mol. The van der Waals surface area contributed by atoms with Gasteiger partial charge in [-0.05, 0) is 0 Å². The van der Waals surface area contributed by atoms with Crippen LogP contribution in [0.25, 0.3) is 0 Å². The molecule has 0 N–H and O–H groups in total. The molecule has 0 aliphatic carbocycles. The van der Waals surface area contributed by atoms with E-state index < -0.39 is 0 Å². The maximum atomic E-state index is 5.64. The summed E-state index contributed by atoms with van der Waals surface area (Å²) < 4.78 is 17.4. The molecule has 0 aliphatic rings. The summed E-state index contributed by atoms with van der Waals surface area (Å²) in [7, 11) is 5.00. The van der Waals surface area contributed by atoms with Crippen molar-refractivity contribution in [2.24, 2.45) is 0 Å². The Morgan fingerprint density at radius 1 is 0.913 bits per heavy atom. The Kier molecular flexibility index (Phi) is 9.60. The third-order valence-electron chi connectivity index (χ3n) is 3.18. The van der Waals surface area contributed by atoms with Crippen LogP contribution in [0.1, 0.15) is 16.7 Å². The molecule has 0 atom stereocenters. The van der Waals surface area contributed by atoms with Crippen molar-refractivity contribution < 1.29 is 45.9 Å². The molecule has 0 heterocycles. The monoisotopic (exact) mass is 390 g/mol. The van der Waals surface area contributed by atoms with Gasteiger partial charge in [-0.3, -0.25) is 0 Å². The van der Waals surface area contributed by atoms with Crippen molar-refractivity contribution >= 4 is 9.13 Å². The van der Waals surface area contributed by atoms with Crippen LogP contribution in [0.4, 0.5) is 0 Å². The molecule has 3 nitrogen and oxygen atoms in total. The number of hydrogen-bond donors (Lipinski definition) is 0. The van der Waals surface area contributed by atoms with E-state index in [1.54, 1.807) is 21.3 Å². The van der Waals surface area contributed by atoms with Crippen LogP contribution >= 0.6 is 0 Å². The summed E-state index contributed by atoms with van der Waals surface area (Å²) in [4.78, 5) is 0. The predicted octanol–water partition coefficient (Wildman–Crippen LogP) is 2.85. The minimum atomic E-state index is 0.765. The Balaban J connectivity index is 2.99. The average molecular weight is 390 g/mol. The Labute approximate surface area is 154 Å². The van der Waals surface area contributed by atoms with Crippen molar-refractivity contribution in [3.63, 3.8) is 0 Å². The molecule has 0 unspecified atom stereocenters. The molecule has 0 fully saturated rings. The quantitative estimate of drug-likeness (QED) is 0.649. The van der Waals surface area contributed by atoms with E-state index in [0.717, 1.165) is 38.9 Å². The van der Waals surface area contributed by atoms with Gasteiger partial charge in [0.25, 0.3) is 0 Å². The molecular formula is C18H22Cr2O3. The first kappa shape index (κ1) is 20.3. The van der Waals surface area contributed by atoms with Crippen LogP contribution in [-0.2, 0) is 54.0 Å². The van der Waals surface area contributed by atoms with Crippen molar-refractivity contribution in [3.05, 3.63) is 53.1 Å². The zero-order chi connectivity index (χ0) is 17.2. The molecule has 1 aromatic carbocycles. The van der Waals surface area contributed by atoms with Gasteiger partial charge in [-0.25, -0.2) is 0 Å². The molecule has 23 heavy (non-hydrogen) atoms. The Morgan fingerprint density at radius 2 is 1.35 bits per heavy atom. The molecule has 0 saturated heterocycles. The van der Waals surface area contributed by atoms with Crippen LogP contribution in [0.2, 0.25) is 0 Å². The van der Waals surface area contributed by atoms with Crippen LogP contribution in [0, 0.1) is 6.92 Å². The molecule has 0 radical (unpaired) electrons. The summed E-state index contributed by atoms with van der Waals surface area (Å²) in [5.41, 5.74) is 3.54. The van der Waals surface area contributed by atoms with Crippen molar-refractivity contribution in [1.82, 2.24) is 0 Å². The van der Waals surface area contributed by atoms with Gasteiger partial charge < -0.3 is 0 Å². The van der Waals surface area contributed by atoms with Gasteiger partial charge in [0.2, 0.25) is 0 Å². The first-order valence-corrected chi connectivity index (χ1v) is 8.44.